The van der Waals surface area contributed by atoms with Gasteiger partial charge in [-0.25, -0.2) is 0 Å². The molecule has 3 rings (SSSR count). The molecule has 3 N–H and O–H groups in total. The number of benzene rings is 1. The Hall–Kier alpha value is -2.19. The van der Waals surface area contributed by atoms with E-state index in [0.717, 1.165) is 17.1 Å². The van der Waals surface area contributed by atoms with Gasteiger partial charge in [-0.15, -0.1) is 23.1 Å². The quantitative estimate of drug-likeness (QED) is 0.780. The first-order valence-electron chi connectivity index (χ1n) is 7.79. The van der Waals surface area contributed by atoms with E-state index in [9.17, 15) is 9.59 Å². The molecule has 1 atom stereocenters. The molecule has 25 heavy (non-hydrogen) atoms. The second-order valence-corrected chi connectivity index (χ2v) is 7.77. The Morgan fingerprint density at radius 1 is 1.24 bits per heavy atom. The third-order valence-corrected chi connectivity index (χ3v) is 5.49. The lowest BCUT2D eigenvalue weighted by molar-refractivity contribution is -0.115. The van der Waals surface area contributed by atoms with Crippen molar-refractivity contribution >= 4 is 39.9 Å². The molecule has 0 bridgehead atoms. The number of hydrogen-bond acceptors (Lipinski definition) is 6. The SMILES string of the molecule is CC(Sc1ccc2c(c1)OCCCO2)C(=O)Nc1sccc1C(N)=O. The summed E-state index contributed by atoms with van der Waals surface area (Å²) in [7, 11) is 0. The van der Waals surface area contributed by atoms with Crippen molar-refractivity contribution in [2.24, 2.45) is 5.73 Å². The van der Waals surface area contributed by atoms with Crippen LogP contribution in [0.2, 0.25) is 0 Å². The third kappa shape index (κ3) is 4.26. The molecule has 1 aromatic carbocycles. The zero-order valence-electron chi connectivity index (χ0n) is 13.6. The molecule has 0 saturated carbocycles. The molecule has 6 nitrogen and oxygen atoms in total. The van der Waals surface area contributed by atoms with Gasteiger partial charge in [0.15, 0.2) is 11.5 Å². The fourth-order valence-electron chi connectivity index (χ4n) is 2.29. The lowest BCUT2D eigenvalue weighted by Crippen LogP contribution is -2.23. The Bertz CT molecular complexity index is 791. The van der Waals surface area contributed by atoms with Crippen LogP contribution in [0.4, 0.5) is 5.00 Å². The van der Waals surface area contributed by atoms with Gasteiger partial charge < -0.3 is 20.5 Å². The number of anilines is 1. The molecular formula is C17H18N2O4S2. The van der Waals surface area contributed by atoms with Crippen LogP contribution in [0.25, 0.3) is 0 Å². The molecule has 1 aliphatic heterocycles. The van der Waals surface area contributed by atoms with Crippen LogP contribution >= 0.6 is 23.1 Å². The monoisotopic (exact) mass is 378 g/mol. The number of rotatable bonds is 5. The summed E-state index contributed by atoms with van der Waals surface area (Å²) in [4.78, 5) is 24.6. The lowest BCUT2D eigenvalue weighted by Gasteiger charge is -2.13. The van der Waals surface area contributed by atoms with Crippen molar-refractivity contribution in [2.45, 2.75) is 23.5 Å². The van der Waals surface area contributed by atoms with Crippen LogP contribution in [0.3, 0.4) is 0 Å². The van der Waals surface area contributed by atoms with Crippen molar-refractivity contribution in [3.8, 4) is 11.5 Å². The molecule has 0 aliphatic carbocycles. The van der Waals surface area contributed by atoms with Gasteiger partial charge in [0.25, 0.3) is 5.91 Å². The van der Waals surface area contributed by atoms with E-state index in [2.05, 4.69) is 5.32 Å². The van der Waals surface area contributed by atoms with Crippen molar-refractivity contribution in [1.82, 2.24) is 0 Å². The van der Waals surface area contributed by atoms with Crippen LogP contribution in [-0.4, -0.2) is 30.3 Å². The van der Waals surface area contributed by atoms with Gasteiger partial charge in [-0.05, 0) is 36.6 Å². The van der Waals surface area contributed by atoms with Gasteiger partial charge in [0.1, 0.15) is 5.00 Å². The van der Waals surface area contributed by atoms with Crippen LogP contribution in [-0.2, 0) is 4.79 Å². The minimum absolute atomic E-state index is 0.193. The van der Waals surface area contributed by atoms with E-state index in [4.69, 9.17) is 15.2 Å². The minimum atomic E-state index is -0.556. The number of thioether (sulfide) groups is 1. The topological polar surface area (TPSA) is 90.7 Å². The van der Waals surface area contributed by atoms with E-state index in [-0.39, 0.29) is 11.2 Å². The van der Waals surface area contributed by atoms with Crippen molar-refractivity contribution in [2.75, 3.05) is 18.5 Å². The van der Waals surface area contributed by atoms with Crippen LogP contribution in [0.15, 0.2) is 34.5 Å². The van der Waals surface area contributed by atoms with E-state index in [1.54, 1.807) is 18.4 Å². The normalized spacial score (nSPS) is 14.4. The number of carbonyl (C=O) groups is 2. The van der Waals surface area contributed by atoms with Gasteiger partial charge in [-0.2, -0.15) is 0 Å². The average Bonchev–Trinajstić information content (AvgIpc) is 2.92. The molecule has 0 fully saturated rings. The van der Waals surface area contributed by atoms with E-state index in [1.807, 2.05) is 18.2 Å². The smallest absolute Gasteiger partial charge is 0.251 e. The van der Waals surface area contributed by atoms with E-state index in [0.29, 0.717) is 29.5 Å². The van der Waals surface area contributed by atoms with Crippen molar-refractivity contribution in [1.29, 1.82) is 0 Å². The highest BCUT2D eigenvalue weighted by molar-refractivity contribution is 8.00. The summed E-state index contributed by atoms with van der Waals surface area (Å²) in [5, 5.41) is 4.61. The van der Waals surface area contributed by atoms with Crippen molar-refractivity contribution in [3.63, 3.8) is 0 Å². The van der Waals surface area contributed by atoms with E-state index in [1.165, 1.54) is 23.1 Å². The van der Waals surface area contributed by atoms with Crippen molar-refractivity contribution in [3.05, 3.63) is 35.2 Å². The highest BCUT2D eigenvalue weighted by Gasteiger charge is 2.19. The second-order valence-electron chi connectivity index (χ2n) is 5.44. The van der Waals surface area contributed by atoms with Crippen LogP contribution in [0, 0.1) is 0 Å². The Balaban J connectivity index is 1.66. The summed E-state index contributed by atoms with van der Waals surface area (Å²) in [6, 6.07) is 7.25. The Morgan fingerprint density at radius 2 is 2.00 bits per heavy atom. The van der Waals surface area contributed by atoms with Gasteiger partial charge in [0, 0.05) is 11.3 Å². The Labute approximate surface area is 153 Å². The van der Waals surface area contributed by atoms with Gasteiger partial charge in [0.2, 0.25) is 5.91 Å². The summed E-state index contributed by atoms with van der Waals surface area (Å²) < 4.78 is 11.3. The summed E-state index contributed by atoms with van der Waals surface area (Å²) in [5.74, 6) is 0.676. The predicted molar refractivity (Wildman–Crippen MR) is 98.8 cm³/mol. The molecule has 132 valence electrons. The summed E-state index contributed by atoms with van der Waals surface area (Å²) in [5.41, 5.74) is 5.62. The van der Waals surface area contributed by atoms with Crippen LogP contribution in [0.1, 0.15) is 23.7 Å². The third-order valence-electron chi connectivity index (χ3n) is 3.57. The highest BCUT2D eigenvalue weighted by atomic mass is 32.2. The lowest BCUT2D eigenvalue weighted by atomic mass is 10.3. The van der Waals surface area contributed by atoms with Gasteiger partial charge in [0.05, 0.1) is 24.0 Å². The molecule has 1 aromatic heterocycles. The number of hydrogen-bond donors (Lipinski definition) is 2. The molecule has 2 heterocycles. The standard InChI is InChI=1S/C17H18N2O4S2/c1-10(16(21)19-17-12(15(18)20)5-8-24-17)25-11-3-4-13-14(9-11)23-7-2-6-22-13/h3-5,8-10H,2,6-7H2,1H3,(H2,18,20)(H,19,21). The minimum Gasteiger partial charge on any atom is -0.490 e. The summed E-state index contributed by atoms with van der Waals surface area (Å²) in [6.45, 7) is 3.06. The maximum Gasteiger partial charge on any atom is 0.251 e. The first-order valence-corrected chi connectivity index (χ1v) is 9.55. The largest absolute Gasteiger partial charge is 0.490 e. The molecule has 1 unspecified atom stereocenters. The molecular weight excluding hydrogens is 360 g/mol. The summed E-state index contributed by atoms with van der Waals surface area (Å²) >= 11 is 2.68. The maximum atomic E-state index is 12.4. The molecule has 2 amide bonds. The zero-order valence-corrected chi connectivity index (χ0v) is 15.2. The van der Waals surface area contributed by atoms with Crippen LogP contribution < -0.4 is 20.5 Å². The molecule has 0 saturated heterocycles. The molecule has 2 aromatic rings. The maximum absolute atomic E-state index is 12.4. The zero-order chi connectivity index (χ0) is 17.8. The summed E-state index contributed by atoms with van der Waals surface area (Å²) in [6.07, 6.45) is 0.846. The average molecular weight is 378 g/mol. The molecule has 8 heteroatoms. The van der Waals surface area contributed by atoms with Crippen molar-refractivity contribution < 1.29 is 19.1 Å². The van der Waals surface area contributed by atoms with Gasteiger partial charge in [-0.3, -0.25) is 9.59 Å². The fourth-order valence-corrected chi connectivity index (χ4v) is 3.98. The number of ether oxygens (including phenoxy) is 2. The second kappa shape index (κ2) is 7.79. The van der Waals surface area contributed by atoms with Gasteiger partial charge in [-0.1, -0.05) is 0 Å². The van der Waals surface area contributed by atoms with Gasteiger partial charge >= 0.3 is 0 Å². The Morgan fingerprint density at radius 3 is 2.76 bits per heavy atom. The number of nitrogens with two attached hydrogens (primary N) is 1. The van der Waals surface area contributed by atoms with Crippen LogP contribution in [0.5, 0.6) is 11.5 Å². The first-order chi connectivity index (χ1) is 12.0. The number of carbonyl (C=O) groups excluding carboxylic acids is 2. The highest BCUT2D eigenvalue weighted by Crippen LogP contribution is 2.35. The van der Waals surface area contributed by atoms with E-state index >= 15 is 0 Å². The molecule has 1 aliphatic rings. The fraction of sp³-hybridized carbons (Fsp3) is 0.294. The number of primary amides is 1. The first kappa shape index (κ1) is 17.6. The number of amides is 2. The number of fused-ring (bicyclic) bond motifs is 1. The van der Waals surface area contributed by atoms with E-state index < -0.39 is 5.91 Å². The molecule has 0 radical (unpaired) electrons. The number of nitrogens with one attached hydrogen (secondary N) is 1. The predicted octanol–water partition coefficient (Wildman–Crippen LogP) is 3.13. The Kier molecular flexibility index (Phi) is 5.50. The number of thiophene rings is 1. The molecule has 0 spiro atoms.